The molecule has 0 aromatic heterocycles. The number of aliphatic imine (C=N–C) groups is 1. The van der Waals surface area contributed by atoms with Crippen LogP contribution < -0.4 is 10.6 Å². The Morgan fingerprint density at radius 3 is 2.67 bits per heavy atom. The summed E-state index contributed by atoms with van der Waals surface area (Å²) >= 11 is 0. The highest BCUT2D eigenvalue weighted by atomic mass is 127. The van der Waals surface area contributed by atoms with Crippen LogP contribution in [0.3, 0.4) is 0 Å². The van der Waals surface area contributed by atoms with Crippen molar-refractivity contribution in [3.05, 3.63) is 35.6 Å². The van der Waals surface area contributed by atoms with E-state index in [0.717, 1.165) is 43.9 Å². The van der Waals surface area contributed by atoms with E-state index in [9.17, 15) is 9.18 Å². The molecule has 1 aromatic carbocycles. The van der Waals surface area contributed by atoms with Gasteiger partial charge in [-0.15, -0.1) is 24.0 Å². The monoisotopic (exact) mass is 530 g/mol. The van der Waals surface area contributed by atoms with Crippen LogP contribution in [0.25, 0.3) is 0 Å². The molecule has 1 unspecified atom stereocenters. The van der Waals surface area contributed by atoms with Crippen LogP contribution in [-0.2, 0) is 10.2 Å². The highest BCUT2D eigenvalue weighted by molar-refractivity contribution is 14.0. The van der Waals surface area contributed by atoms with E-state index >= 15 is 0 Å². The van der Waals surface area contributed by atoms with E-state index in [2.05, 4.69) is 21.7 Å². The molecule has 5 nitrogen and oxygen atoms in total. The summed E-state index contributed by atoms with van der Waals surface area (Å²) in [5.41, 5.74) is 1.02. The van der Waals surface area contributed by atoms with Crippen molar-refractivity contribution in [2.24, 2.45) is 10.9 Å². The minimum Gasteiger partial charge on any atom is -0.356 e. The summed E-state index contributed by atoms with van der Waals surface area (Å²) in [6.07, 6.45) is 6.61. The average Bonchev–Trinajstić information content (AvgIpc) is 3.19. The molecule has 1 amide bonds. The minimum absolute atomic E-state index is 0. The van der Waals surface area contributed by atoms with E-state index in [4.69, 9.17) is 0 Å². The predicted molar refractivity (Wildman–Crippen MR) is 131 cm³/mol. The molecule has 0 spiro atoms. The Morgan fingerprint density at radius 2 is 2.03 bits per heavy atom. The van der Waals surface area contributed by atoms with Crippen LogP contribution in [0.4, 0.5) is 4.39 Å². The lowest BCUT2D eigenvalue weighted by Gasteiger charge is -2.38. The van der Waals surface area contributed by atoms with Gasteiger partial charge in [-0.3, -0.25) is 9.79 Å². The van der Waals surface area contributed by atoms with Gasteiger partial charge in [-0.25, -0.2) is 4.39 Å². The van der Waals surface area contributed by atoms with Crippen LogP contribution in [0.15, 0.2) is 29.3 Å². The number of nitrogens with zero attached hydrogens (tertiary/aromatic N) is 2. The fraction of sp³-hybridized carbons (Fsp3) is 0.652. The van der Waals surface area contributed by atoms with Crippen molar-refractivity contribution >= 4 is 35.8 Å². The predicted octanol–water partition coefficient (Wildman–Crippen LogP) is 4.07. The van der Waals surface area contributed by atoms with Gasteiger partial charge in [-0.2, -0.15) is 0 Å². The molecule has 0 bridgehead atoms. The average molecular weight is 530 g/mol. The van der Waals surface area contributed by atoms with Crippen molar-refractivity contribution in [2.75, 3.05) is 26.7 Å². The Bertz CT molecular complexity index is 734. The molecule has 1 saturated carbocycles. The van der Waals surface area contributed by atoms with E-state index in [1.165, 1.54) is 25.3 Å². The van der Waals surface area contributed by atoms with E-state index in [-0.39, 0.29) is 53.1 Å². The highest BCUT2D eigenvalue weighted by Crippen LogP contribution is 2.39. The number of nitrogens with one attached hydrogen (secondary N) is 2. The quantitative estimate of drug-likeness (QED) is 0.343. The number of hydrogen-bond donors (Lipinski definition) is 2. The van der Waals surface area contributed by atoms with E-state index in [1.54, 1.807) is 13.1 Å². The van der Waals surface area contributed by atoms with E-state index in [1.807, 2.05) is 24.8 Å². The number of guanidine groups is 1. The normalized spacial score (nSPS) is 21.3. The van der Waals surface area contributed by atoms with Crippen LogP contribution in [0.1, 0.15) is 57.9 Å². The molecule has 30 heavy (non-hydrogen) atoms. The third-order valence-corrected chi connectivity index (χ3v) is 6.40. The fourth-order valence-corrected chi connectivity index (χ4v) is 4.70. The number of carbonyl (C=O) groups is 1. The van der Waals surface area contributed by atoms with Crippen molar-refractivity contribution in [2.45, 2.75) is 63.8 Å². The number of likely N-dealkylation sites (tertiary alicyclic amines) is 1. The second-order valence-corrected chi connectivity index (χ2v) is 8.85. The summed E-state index contributed by atoms with van der Waals surface area (Å²) in [6, 6.07) is 7.28. The largest absolute Gasteiger partial charge is 0.356 e. The van der Waals surface area contributed by atoms with Crippen LogP contribution in [0.2, 0.25) is 0 Å². The van der Waals surface area contributed by atoms with Crippen molar-refractivity contribution < 1.29 is 9.18 Å². The summed E-state index contributed by atoms with van der Waals surface area (Å²) in [5, 5.41) is 6.98. The summed E-state index contributed by atoms with van der Waals surface area (Å²) in [7, 11) is 1.77. The number of hydrogen-bond acceptors (Lipinski definition) is 2. The Kier molecular flexibility index (Phi) is 9.37. The van der Waals surface area contributed by atoms with Crippen molar-refractivity contribution in [1.82, 2.24) is 15.5 Å². The van der Waals surface area contributed by atoms with Crippen LogP contribution in [0, 0.1) is 11.7 Å². The van der Waals surface area contributed by atoms with Gasteiger partial charge in [0.15, 0.2) is 5.96 Å². The minimum atomic E-state index is -0.171. The molecule has 1 aliphatic heterocycles. The van der Waals surface area contributed by atoms with Crippen molar-refractivity contribution in [3.63, 3.8) is 0 Å². The topological polar surface area (TPSA) is 56.7 Å². The van der Waals surface area contributed by atoms with Crippen molar-refractivity contribution in [3.8, 4) is 0 Å². The summed E-state index contributed by atoms with van der Waals surface area (Å²) in [6.45, 7) is 6.13. The number of benzene rings is 1. The second-order valence-electron chi connectivity index (χ2n) is 8.85. The lowest BCUT2D eigenvalue weighted by atomic mass is 9.69. The van der Waals surface area contributed by atoms with E-state index < -0.39 is 0 Å². The second kappa shape index (κ2) is 11.3. The first-order valence-corrected chi connectivity index (χ1v) is 11.0. The third-order valence-electron chi connectivity index (χ3n) is 6.40. The smallest absolute Gasteiger partial charge is 0.225 e. The van der Waals surface area contributed by atoms with Crippen LogP contribution in [-0.4, -0.2) is 49.5 Å². The maximum atomic E-state index is 13.9. The van der Waals surface area contributed by atoms with Crippen LogP contribution >= 0.6 is 24.0 Å². The molecule has 3 rings (SSSR count). The molecule has 1 aliphatic carbocycles. The summed E-state index contributed by atoms with van der Waals surface area (Å²) in [4.78, 5) is 18.6. The number of rotatable bonds is 5. The Labute approximate surface area is 197 Å². The molecule has 2 N–H and O–H groups in total. The Morgan fingerprint density at radius 1 is 1.30 bits per heavy atom. The molecule has 2 fully saturated rings. The zero-order chi connectivity index (χ0) is 20.9. The molecule has 1 atom stereocenters. The summed E-state index contributed by atoms with van der Waals surface area (Å²) in [5.74, 6) is 0.833. The highest BCUT2D eigenvalue weighted by Gasteiger charge is 2.35. The van der Waals surface area contributed by atoms with Crippen molar-refractivity contribution in [1.29, 1.82) is 0 Å². The standard InChI is InChI=1S/C23H35FN4O.HI/c1-17(2)21(29)28-13-10-20(15-28)27-22(25-3)26-16-23(11-5-4-6-12-23)18-8-7-9-19(24)14-18;/h7-9,14,17,20H,4-6,10-13,15-16H2,1-3H3,(H2,25,26,27);1H. The van der Waals surface area contributed by atoms with Gasteiger partial charge in [0, 0.05) is 44.1 Å². The van der Waals surface area contributed by atoms with Gasteiger partial charge in [0.1, 0.15) is 5.82 Å². The Hall–Kier alpha value is -1.38. The molecule has 0 radical (unpaired) electrons. The molecular weight excluding hydrogens is 494 g/mol. The van der Waals surface area contributed by atoms with E-state index in [0.29, 0.717) is 6.54 Å². The molecule has 1 saturated heterocycles. The number of carbonyl (C=O) groups excluding carboxylic acids is 1. The SMILES string of the molecule is CN=C(NCC1(c2cccc(F)c2)CCCCC1)NC1CCN(C(=O)C(C)C)C1.I. The van der Waals surface area contributed by atoms with Gasteiger partial charge in [0.25, 0.3) is 0 Å². The lowest BCUT2D eigenvalue weighted by molar-refractivity contribution is -0.133. The third kappa shape index (κ3) is 6.08. The maximum absolute atomic E-state index is 13.9. The molecule has 2 aliphatic rings. The molecule has 1 aromatic rings. The maximum Gasteiger partial charge on any atom is 0.225 e. The van der Waals surface area contributed by atoms with Gasteiger partial charge in [0.2, 0.25) is 5.91 Å². The number of amides is 1. The van der Waals surface area contributed by atoms with Gasteiger partial charge >= 0.3 is 0 Å². The zero-order valence-corrected chi connectivity index (χ0v) is 20.7. The molecule has 7 heteroatoms. The Balaban J connectivity index is 0.00000320. The van der Waals surface area contributed by atoms with Gasteiger partial charge in [-0.1, -0.05) is 45.2 Å². The fourth-order valence-electron chi connectivity index (χ4n) is 4.70. The molecule has 168 valence electrons. The zero-order valence-electron chi connectivity index (χ0n) is 18.4. The van der Waals surface area contributed by atoms with Gasteiger partial charge in [-0.05, 0) is 37.0 Å². The first kappa shape index (κ1) is 24.9. The van der Waals surface area contributed by atoms with Gasteiger partial charge in [0.05, 0.1) is 0 Å². The first-order chi connectivity index (χ1) is 13.9. The van der Waals surface area contributed by atoms with Crippen LogP contribution in [0.5, 0.6) is 0 Å². The summed E-state index contributed by atoms with van der Waals surface area (Å²) < 4.78 is 13.9. The lowest BCUT2D eigenvalue weighted by Crippen LogP contribution is -2.50. The molecule has 1 heterocycles. The van der Waals surface area contributed by atoms with Gasteiger partial charge < -0.3 is 15.5 Å². The number of halogens is 2. The first-order valence-electron chi connectivity index (χ1n) is 11.0. The molecular formula is C23H36FIN4O.